The number of hydrogen-bond donors (Lipinski definition) is 0. The Morgan fingerprint density at radius 2 is 2.15 bits per heavy atom. The number of carboxylic acids is 1. The third-order valence-electron chi connectivity index (χ3n) is 2.43. The lowest BCUT2D eigenvalue weighted by atomic mass is 10.1. The Balaban J connectivity index is 2.36. The van der Waals surface area contributed by atoms with Crippen LogP contribution in [0.3, 0.4) is 0 Å². The Morgan fingerprint density at radius 1 is 1.40 bits per heavy atom. The molecule has 0 atom stereocenters. The van der Waals surface area contributed by atoms with Crippen LogP contribution in [0.15, 0.2) is 38.4 Å². The first-order chi connectivity index (χ1) is 9.47. The van der Waals surface area contributed by atoms with Crippen LogP contribution in [0.25, 0.3) is 0 Å². The number of nitrogens with zero attached hydrogens (tertiary/aromatic N) is 4. The van der Waals surface area contributed by atoms with Gasteiger partial charge < -0.3 is 14.8 Å². The fourth-order valence-corrected chi connectivity index (χ4v) is 2.45. The molecule has 6 nitrogen and oxygen atoms in total. The molecule has 2 aromatic rings. The van der Waals surface area contributed by atoms with Crippen molar-refractivity contribution in [2.75, 3.05) is 19.0 Å². The summed E-state index contributed by atoms with van der Waals surface area (Å²) in [4.78, 5) is 16.9. The lowest BCUT2D eigenvalue weighted by Gasteiger charge is -2.15. The maximum atomic E-state index is 11.2. The minimum absolute atomic E-state index is 0.00410. The van der Waals surface area contributed by atoms with E-state index in [1.54, 1.807) is 23.2 Å². The van der Waals surface area contributed by atoms with Crippen molar-refractivity contribution in [3.8, 4) is 0 Å². The number of carboxylic acid groups (broad SMARTS) is 1. The Bertz CT molecular complexity index is 669. The molecule has 0 fully saturated rings. The minimum atomic E-state index is -1.29. The molecule has 1 aromatic carbocycles. The number of benzene rings is 1. The van der Waals surface area contributed by atoms with Crippen molar-refractivity contribution in [1.82, 2.24) is 4.98 Å². The summed E-state index contributed by atoms with van der Waals surface area (Å²) in [5.74, 6) is -1.29. The average molecular weight is 354 g/mol. The van der Waals surface area contributed by atoms with Crippen molar-refractivity contribution in [3.05, 3.63) is 33.7 Å². The van der Waals surface area contributed by atoms with Gasteiger partial charge in [-0.2, -0.15) is 0 Å². The fourth-order valence-electron chi connectivity index (χ4n) is 1.44. The minimum Gasteiger partial charge on any atom is -0.545 e. The van der Waals surface area contributed by atoms with Crippen LogP contribution in [-0.2, 0) is 0 Å². The molecule has 0 aliphatic carbocycles. The number of anilines is 1. The summed E-state index contributed by atoms with van der Waals surface area (Å²) in [6.45, 7) is 0. The van der Waals surface area contributed by atoms with Crippen molar-refractivity contribution in [2.24, 2.45) is 10.2 Å². The molecule has 1 aromatic heterocycles. The number of thiazole rings is 1. The third kappa shape index (κ3) is 3.40. The molecule has 8 heteroatoms. The third-order valence-corrected chi connectivity index (χ3v) is 3.79. The molecule has 0 bridgehead atoms. The first kappa shape index (κ1) is 14.6. The zero-order valence-corrected chi connectivity index (χ0v) is 13.1. The fraction of sp³-hybridized carbons (Fsp3) is 0.167. The van der Waals surface area contributed by atoms with Gasteiger partial charge in [0.25, 0.3) is 0 Å². The van der Waals surface area contributed by atoms with E-state index >= 15 is 0 Å². The van der Waals surface area contributed by atoms with Crippen molar-refractivity contribution < 1.29 is 9.90 Å². The van der Waals surface area contributed by atoms with Gasteiger partial charge in [0.2, 0.25) is 5.13 Å². The molecule has 0 radical (unpaired) electrons. The van der Waals surface area contributed by atoms with E-state index in [1.165, 1.54) is 17.4 Å². The highest BCUT2D eigenvalue weighted by Crippen LogP contribution is 2.29. The largest absolute Gasteiger partial charge is 0.545 e. The van der Waals surface area contributed by atoms with E-state index < -0.39 is 5.97 Å². The first-order valence-electron chi connectivity index (χ1n) is 5.53. The van der Waals surface area contributed by atoms with E-state index in [4.69, 9.17) is 0 Å². The van der Waals surface area contributed by atoms with Crippen LogP contribution in [0.5, 0.6) is 0 Å². The van der Waals surface area contributed by atoms with Crippen LogP contribution < -0.4 is 10.0 Å². The van der Waals surface area contributed by atoms with Gasteiger partial charge in [-0.05, 0) is 34.1 Å². The summed E-state index contributed by atoms with van der Waals surface area (Å²) >= 11 is 4.57. The van der Waals surface area contributed by atoms with E-state index in [0.717, 1.165) is 9.47 Å². The van der Waals surface area contributed by atoms with E-state index in [-0.39, 0.29) is 11.3 Å². The highest BCUT2D eigenvalue weighted by Gasteiger charge is 2.06. The van der Waals surface area contributed by atoms with E-state index in [1.807, 2.05) is 14.1 Å². The van der Waals surface area contributed by atoms with Crippen LogP contribution >= 0.6 is 27.3 Å². The molecule has 2 rings (SSSR count). The molecule has 0 aliphatic heterocycles. The average Bonchev–Trinajstić information content (AvgIpc) is 2.81. The number of azo groups is 1. The maximum Gasteiger partial charge on any atom is 0.230 e. The maximum absolute atomic E-state index is 11.2. The molecule has 0 saturated carbocycles. The van der Waals surface area contributed by atoms with E-state index in [0.29, 0.717) is 5.13 Å². The van der Waals surface area contributed by atoms with Gasteiger partial charge in [0.1, 0.15) is 0 Å². The highest BCUT2D eigenvalue weighted by atomic mass is 79.9. The highest BCUT2D eigenvalue weighted by molar-refractivity contribution is 9.11. The molecular formula is C12H10BrN4O2S-. The number of aromatic nitrogens is 1. The van der Waals surface area contributed by atoms with Gasteiger partial charge >= 0.3 is 0 Å². The molecule has 104 valence electrons. The number of aromatic carboxylic acids is 1. The van der Waals surface area contributed by atoms with Crippen molar-refractivity contribution in [1.29, 1.82) is 0 Å². The predicted octanol–water partition coefficient (Wildman–Crippen LogP) is 2.75. The summed E-state index contributed by atoms with van der Waals surface area (Å²) in [5, 5.41) is 19.4. The lowest BCUT2D eigenvalue weighted by molar-refractivity contribution is -0.254. The topological polar surface area (TPSA) is 81.0 Å². The van der Waals surface area contributed by atoms with Gasteiger partial charge in [0, 0.05) is 25.3 Å². The molecule has 0 aliphatic rings. The van der Waals surface area contributed by atoms with Crippen LogP contribution in [-0.4, -0.2) is 25.0 Å². The summed E-state index contributed by atoms with van der Waals surface area (Å²) in [6.07, 6.45) is 1.60. The van der Waals surface area contributed by atoms with Crippen LogP contribution in [0, 0.1) is 0 Å². The molecule has 0 spiro atoms. The zero-order valence-electron chi connectivity index (χ0n) is 10.7. The van der Waals surface area contributed by atoms with Gasteiger partial charge in [-0.25, -0.2) is 4.98 Å². The number of hydrogen-bond acceptors (Lipinski definition) is 7. The summed E-state index contributed by atoms with van der Waals surface area (Å²) in [6, 6.07) is 4.85. The quantitative estimate of drug-likeness (QED) is 0.791. The van der Waals surface area contributed by atoms with Gasteiger partial charge in [-0.15, -0.1) is 10.2 Å². The second-order valence-electron chi connectivity index (χ2n) is 4.03. The number of carbonyl (C=O) groups is 1. The monoisotopic (exact) mass is 353 g/mol. The zero-order chi connectivity index (χ0) is 14.7. The van der Waals surface area contributed by atoms with Gasteiger partial charge in [-0.3, -0.25) is 0 Å². The predicted molar refractivity (Wildman–Crippen MR) is 79.1 cm³/mol. The van der Waals surface area contributed by atoms with Gasteiger partial charge in [0.15, 0.2) is 0 Å². The molecular weight excluding hydrogens is 344 g/mol. The van der Waals surface area contributed by atoms with Crippen molar-refractivity contribution >= 4 is 49.7 Å². The number of rotatable bonds is 4. The van der Waals surface area contributed by atoms with Gasteiger partial charge in [-0.1, -0.05) is 11.3 Å². The van der Waals surface area contributed by atoms with Crippen LogP contribution in [0.2, 0.25) is 0 Å². The molecule has 0 unspecified atom stereocenters. The molecule has 0 N–H and O–H groups in total. The molecule has 0 amide bonds. The number of carbonyl (C=O) groups excluding carboxylic acids is 1. The number of halogens is 1. The Hall–Kier alpha value is -1.80. The molecule has 20 heavy (non-hydrogen) atoms. The van der Waals surface area contributed by atoms with Crippen molar-refractivity contribution in [3.63, 3.8) is 0 Å². The standard InChI is InChI=1S/C12H11BrN4O2S/c1-17(2)7-3-4-9(8(5-7)11(18)19)15-16-12-14-6-10(13)20-12/h3-6H,1-2H3,(H,18,19)/p-1. The molecule has 0 saturated heterocycles. The Kier molecular flexibility index (Phi) is 4.46. The normalized spacial score (nSPS) is 10.9. The Labute approximate surface area is 127 Å². The van der Waals surface area contributed by atoms with Crippen LogP contribution in [0.4, 0.5) is 16.5 Å². The Morgan fingerprint density at radius 3 is 2.70 bits per heavy atom. The second kappa shape index (κ2) is 6.10. The summed E-state index contributed by atoms with van der Waals surface area (Å²) < 4.78 is 0.828. The lowest BCUT2D eigenvalue weighted by Crippen LogP contribution is -2.23. The summed E-state index contributed by atoms with van der Waals surface area (Å²) in [5.41, 5.74) is 0.984. The summed E-state index contributed by atoms with van der Waals surface area (Å²) in [7, 11) is 3.64. The SMILES string of the molecule is CN(C)c1ccc(N=Nc2ncc(Br)s2)c(C(=O)[O-])c1. The smallest absolute Gasteiger partial charge is 0.230 e. The first-order valence-corrected chi connectivity index (χ1v) is 7.14. The molecule has 1 heterocycles. The van der Waals surface area contributed by atoms with E-state index in [2.05, 4.69) is 31.1 Å². The van der Waals surface area contributed by atoms with E-state index in [9.17, 15) is 9.90 Å². The van der Waals surface area contributed by atoms with Crippen LogP contribution in [0.1, 0.15) is 10.4 Å². The van der Waals surface area contributed by atoms with Gasteiger partial charge in [0.05, 0.1) is 21.6 Å². The second-order valence-corrected chi connectivity index (χ2v) is 6.42. The van der Waals surface area contributed by atoms with Crippen molar-refractivity contribution in [2.45, 2.75) is 0 Å².